The van der Waals surface area contributed by atoms with Crippen molar-refractivity contribution in [1.29, 1.82) is 5.26 Å². The number of hydrogen-bond donors (Lipinski definition) is 1. The summed E-state index contributed by atoms with van der Waals surface area (Å²) in [4.78, 5) is 22.5. The third kappa shape index (κ3) is 4.82. The lowest BCUT2D eigenvalue weighted by Gasteiger charge is -2.48. The first kappa shape index (κ1) is 26.4. The number of carbonyl (C=O) groups is 1. The first-order chi connectivity index (χ1) is 18.2. The third-order valence-corrected chi connectivity index (χ3v) is 8.44. The number of aliphatic hydroxyl groups is 1. The Morgan fingerprint density at radius 3 is 2.24 bits per heavy atom. The predicted molar refractivity (Wildman–Crippen MR) is 145 cm³/mol. The molecular weight excluding hydrogens is 523 g/mol. The summed E-state index contributed by atoms with van der Waals surface area (Å²) in [6.07, 6.45) is 1.60. The highest BCUT2D eigenvalue weighted by atomic mass is 35.5. The zero-order chi connectivity index (χ0) is 27.0. The van der Waals surface area contributed by atoms with E-state index in [2.05, 4.69) is 15.2 Å². The van der Waals surface area contributed by atoms with Gasteiger partial charge in [-0.15, -0.1) is 10.2 Å². The second-order valence-electron chi connectivity index (χ2n) is 10.3. The van der Waals surface area contributed by atoms with E-state index >= 15 is 0 Å². The first-order valence-corrected chi connectivity index (χ1v) is 13.3. The SMILES string of the molecule is C[C@@H]1CN(C(=O)[C@@H]2CN(c3ccc(C#N)nn3)C[C@H]2c2ccc(Cl)cn2)C[C@H](C)C1(O)c1ccc(Cl)cc1. The van der Waals surface area contributed by atoms with E-state index in [-0.39, 0.29) is 35.3 Å². The molecule has 38 heavy (non-hydrogen) atoms. The normalized spacial score (nSPS) is 27.3. The van der Waals surface area contributed by atoms with Crippen LogP contribution < -0.4 is 4.90 Å². The highest BCUT2D eigenvalue weighted by molar-refractivity contribution is 6.30. The van der Waals surface area contributed by atoms with E-state index in [9.17, 15) is 9.90 Å². The van der Waals surface area contributed by atoms with E-state index in [4.69, 9.17) is 28.5 Å². The second-order valence-corrected chi connectivity index (χ2v) is 11.2. The molecule has 10 heteroatoms. The maximum absolute atomic E-state index is 14.1. The molecule has 8 nitrogen and oxygen atoms in total. The molecule has 0 spiro atoms. The van der Waals surface area contributed by atoms with Gasteiger partial charge in [-0.3, -0.25) is 9.78 Å². The van der Waals surface area contributed by atoms with E-state index < -0.39 is 5.60 Å². The van der Waals surface area contributed by atoms with Crippen LogP contribution in [0.2, 0.25) is 10.0 Å². The van der Waals surface area contributed by atoms with E-state index in [1.807, 2.05) is 47.9 Å². The summed E-state index contributed by atoms with van der Waals surface area (Å²) in [5, 5.41) is 30.2. The minimum absolute atomic E-state index is 0.0210. The van der Waals surface area contributed by atoms with Crippen LogP contribution in [0.4, 0.5) is 5.82 Å². The van der Waals surface area contributed by atoms with Gasteiger partial charge in [-0.05, 0) is 42.0 Å². The summed E-state index contributed by atoms with van der Waals surface area (Å²) < 4.78 is 0. The molecule has 2 fully saturated rings. The number of anilines is 1. The zero-order valence-corrected chi connectivity index (χ0v) is 22.6. The van der Waals surface area contributed by atoms with Crippen molar-refractivity contribution in [2.45, 2.75) is 25.4 Å². The lowest BCUT2D eigenvalue weighted by atomic mass is 9.70. The van der Waals surface area contributed by atoms with Crippen LogP contribution in [0.3, 0.4) is 0 Å². The summed E-state index contributed by atoms with van der Waals surface area (Å²) in [5.41, 5.74) is 0.760. The van der Waals surface area contributed by atoms with Crippen LogP contribution in [0.15, 0.2) is 54.7 Å². The molecule has 0 aliphatic carbocycles. The summed E-state index contributed by atoms with van der Waals surface area (Å²) in [5.74, 6) is -0.304. The lowest BCUT2D eigenvalue weighted by molar-refractivity contribution is -0.152. The van der Waals surface area contributed by atoms with Crippen LogP contribution in [-0.2, 0) is 10.4 Å². The fraction of sp³-hybridized carbons (Fsp3) is 0.393. The van der Waals surface area contributed by atoms with Gasteiger partial charge in [-0.25, -0.2) is 0 Å². The second kappa shape index (κ2) is 10.5. The summed E-state index contributed by atoms with van der Waals surface area (Å²) >= 11 is 12.2. The van der Waals surface area contributed by atoms with Crippen LogP contribution in [0.1, 0.15) is 36.7 Å². The Balaban J connectivity index is 1.40. The minimum Gasteiger partial charge on any atom is -0.384 e. The molecule has 0 radical (unpaired) electrons. The molecule has 2 aromatic heterocycles. The van der Waals surface area contributed by atoms with E-state index in [1.165, 1.54) is 0 Å². The molecule has 1 N–H and O–H groups in total. The van der Waals surface area contributed by atoms with Crippen molar-refractivity contribution < 1.29 is 9.90 Å². The number of rotatable bonds is 4. The zero-order valence-electron chi connectivity index (χ0n) is 21.1. The highest BCUT2D eigenvalue weighted by Gasteiger charge is 2.49. The number of benzene rings is 1. The number of piperidine rings is 1. The van der Waals surface area contributed by atoms with Crippen molar-refractivity contribution >= 4 is 34.9 Å². The van der Waals surface area contributed by atoms with Gasteiger partial charge in [-0.2, -0.15) is 5.26 Å². The number of likely N-dealkylation sites (tertiary alicyclic amines) is 1. The number of hydrogen-bond acceptors (Lipinski definition) is 7. The molecule has 5 atom stereocenters. The van der Waals surface area contributed by atoms with Gasteiger partial charge in [0.25, 0.3) is 0 Å². The molecule has 2 aliphatic heterocycles. The van der Waals surface area contributed by atoms with Crippen LogP contribution in [-0.4, -0.2) is 57.3 Å². The quantitative estimate of drug-likeness (QED) is 0.516. The average Bonchev–Trinajstić information content (AvgIpc) is 3.37. The predicted octanol–water partition coefficient (Wildman–Crippen LogP) is 4.27. The molecule has 1 unspecified atom stereocenters. The van der Waals surface area contributed by atoms with Crippen molar-refractivity contribution in [2.24, 2.45) is 17.8 Å². The van der Waals surface area contributed by atoms with Crippen molar-refractivity contribution in [2.75, 3.05) is 31.1 Å². The van der Waals surface area contributed by atoms with Crippen molar-refractivity contribution in [1.82, 2.24) is 20.1 Å². The Morgan fingerprint density at radius 1 is 0.974 bits per heavy atom. The number of halogens is 2. The first-order valence-electron chi connectivity index (χ1n) is 12.6. The van der Waals surface area contributed by atoms with Crippen molar-refractivity contribution in [3.05, 3.63) is 81.7 Å². The Morgan fingerprint density at radius 2 is 1.66 bits per heavy atom. The fourth-order valence-corrected chi connectivity index (χ4v) is 6.14. The molecule has 5 rings (SSSR count). The molecule has 0 bridgehead atoms. The summed E-state index contributed by atoms with van der Waals surface area (Å²) in [6.45, 7) is 5.78. The number of nitrogens with zero attached hydrogens (tertiary/aromatic N) is 6. The van der Waals surface area contributed by atoms with Gasteiger partial charge < -0.3 is 14.9 Å². The molecule has 4 heterocycles. The van der Waals surface area contributed by atoms with Crippen LogP contribution in [0, 0.1) is 29.1 Å². The largest absolute Gasteiger partial charge is 0.384 e. The van der Waals surface area contributed by atoms with Gasteiger partial charge in [0.15, 0.2) is 11.5 Å². The Hall–Kier alpha value is -3.25. The van der Waals surface area contributed by atoms with E-state index in [0.29, 0.717) is 42.0 Å². The molecule has 1 amide bonds. The monoisotopic (exact) mass is 550 g/mol. The van der Waals surface area contributed by atoms with Gasteiger partial charge in [0.2, 0.25) is 5.91 Å². The number of amides is 1. The van der Waals surface area contributed by atoms with Gasteiger partial charge >= 0.3 is 0 Å². The molecule has 196 valence electrons. The van der Waals surface area contributed by atoms with Crippen molar-refractivity contribution in [3.8, 4) is 6.07 Å². The Bertz CT molecular complexity index is 1330. The van der Waals surface area contributed by atoms with Gasteiger partial charge in [-0.1, -0.05) is 49.2 Å². The average molecular weight is 551 g/mol. The Labute approximate surface area is 231 Å². The molecule has 1 aromatic carbocycles. The molecule has 2 saturated heterocycles. The maximum atomic E-state index is 14.1. The smallest absolute Gasteiger partial charge is 0.228 e. The van der Waals surface area contributed by atoms with Gasteiger partial charge in [0, 0.05) is 60.8 Å². The summed E-state index contributed by atoms with van der Waals surface area (Å²) in [6, 6.07) is 16.3. The Kier molecular flexibility index (Phi) is 7.28. The molecular formula is C28H28Cl2N6O2. The number of pyridine rings is 1. The standard InChI is InChI=1S/C28H28Cl2N6O2/c1-17-13-36(14-18(2)28(17,38)19-3-5-20(29)6-4-19)27(37)24-16-35(26-10-8-22(11-31)33-34-26)15-23(24)25-9-7-21(30)12-32-25/h3-10,12,17-18,23-24,38H,13-16H2,1-2H3/t17-,18+,23-,24-,28?/m1/s1. The third-order valence-electron chi connectivity index (χ3n) is 7.97. The van der Waals surface area contributed by atoms with Gasteiger partial charge in [0.05, 0.1) is 16.5 Å². The van der Waals surface area contributed by atoms with Gasteiger partial charge in [0.1, 0.15) is 6.07 Å². The minimum atomic E-state index is -1.07. The number of aromatic nitrogens is 3. The van der Waals surface area contributed by atoms with Crippen LogP contribution in [0.25, 0.3) is 0 Å². The lowest BCUT2D eigenvalue weighted by Crippen LogP contribution is -2.57. The maximum Gasteiger partial charge on any atom is 0.228 e. The number of carbonyl (C=O) groups excluding carboxylic acids is 1. The van der Waals surface area contributed by atoms with E-state index in [1.54, 1.807) is 36.5 Å². The van der Waals surface area contributed by atoms with E-state index in [0.717, 1.165) is 11.3 Å². The number of nitriles is 1. The van der Waals surface area contributed by atoms with Crippen LogP contribution in [0.5, 0.6) is 0 Å². The molecule has 2 aliphatic rings. The molecule has 0 saturated carbocycles. The van der Waals surface area contributed by atoms with Crippen molar-refractivity contribution in [3.63, 3.8) is 0 Å². The van der Waals surface area contributed by atoms with Crippen LogP contribution >= 0.6 is 23.2 Å². The summed E-state index contributed by atoms with van der Waals surface area (Å²) in [7, 11) is 0. The topological polar surface area (TPSA) is 106 Å². The molecule has 3 aromatic rings. The highest BCUT2D eigenvalue weighted by Crippen LogP contribution is 2.43. The fourth-order valence-electron chi connectivity index (χ4n) is 5.90.